The number of rotatable bonds is 2. The van der Waals surface area contributed by atoms with Gasteiger partial charge in [-0.1, -0.05) is 19.9 Å². The molecular weight excluding hydrogens is 164 g/mol. The van der Waals surface area contributed by atoms with Gasteiger partial charge >= 0.3 is 0 Å². The molecule has 0 aromatic rings. The van der Waals surface area contributed by atoms with Crippen molar-refractivity contribution >= 4 is 0 Å². The van der Waals surface area contributed by atoms with E-state index in [1.54, 1.807) is 0 Å². The zero-order valence-corrected chi connectivity index (χ0v) is 8.53. The number of aliphatic hydroxyl groups is 2. The van der Waals surface area contributed by atoms with E-state index in [1.165, 1.54) is 0 Å². The highest BCUT2D eigenvalue weighted by molar-refractivity contribution is 4.92. The summed E-state index contributed by atoms with van der Waals surface area (Å²) in [4.78, 5) is 0. The molecule has 1 rings (SSSR count). The molecule has 3 atom stereocenters. The third-order valence-corrected chi connectivity index (χ3v) is 2.92. The Kier molecular flexibility index (Phi) is 3.14. The topological polar surface area (TPSA) is 40.5 Å². The van der Waals surface area contributed by atoms with Crippen LogP contribution in [0.1, 0.15) is 33.1 Å². The Bertz CT molecular complexity index is 187. The van der Waals surface area contributed by atoms with Crippen molar-refractivity contribution in [3.63, 3.8) is 0 Å². The molecule has 76 valence electrons. The Hall–Kier alpha value is -0.340. The van der Waals surface area contributed by atoms with E-state index >= 15 is 0 Å². The molecule has 1 aliphatic carbocycles. The average molecular weight is 184 g/mol. The molecule has 0 aliphatic heterocycles. The highest BCUT2D eigenvalue weighted by Gasteiger charge is 2.38. The summed E-state index contributed by atoms with van der Waals surface area (Å²) in [6.45, 7) is 7.94. The van der Waals surface area contributed by atoms with Crippen LogP contribution < -0.4 is 0 Å². The first-order valence-corrected chi connectivity index (χ1v) is 4.93. The van der Waals surface area contributed by atoms with Gasteiger partial charge in [0.25, 0.3) is 0 Å². The molecule has 1 saturated carbocycles. The van der Waals surface area contributed by atoms with Crippen LogP contribution in [-0.4, -0.2) is 22.4 Å². The monoisotopic (exact) mass is 184 g/mol. The van der Waals surface area contributed by atoms with E-state index in [0.717, 1.165) is 12.8 Å². The zero-order chi connectivity index (χ0) is 10.1. The van der Waals surface area contributed by atoms with Crippen LogP contribution in [0, 0.1) is 11.3 Å². The summed E-state index contributed by atoms with van der Waals surface area (Å²) in [6, 6.07) is 0. The normalized spacial score (nSPS) is 38.6. The minimum Gasteiger partial charge on any atom is -0.390 e. The van der Waals surface area contributed by atoms with Crippen molar-refractivity contribution in [2.24, 2.45) is 11.3 Å². The summed E-state index contributed by atoms with van der Waals surface area (Å²) >= 11 is 0. The van der Waals surface area contributed by atoms with Crippen molar-refractivity contribution in [1.29, 1.82) is 0 Å². The van der Waals surface area contributed by atoms with Gasteiger partial charge in [-0.3, -0.25) is 0 Å². The van der Waals surface area contributed by atoms with Crippen molar-refractivity contribution in [1.82, 2.24) is 0 Å². The van der Waals surface area contributed by atoms with E-state index in [4.69, 9.17) is 0 Å². The highest BCUT2D eigenvalue weighted by atomic mass is 16.3. The third-order valence-electron chi connectivity index (χ3n) is 2.92. The first-order chi connectivity index (χ1) is 5.96. The number of hydrogen-bond donors (Lipinski definition) is 2. The highest BCUT2D eigenvalue weighted by Crippen LogP contribution is 2.40. The first kappa shape index (κ1) is 10.7. The van der Waals surface area contributed by atoms with E-state index in [-0.39, 0.29) is 11.3 Å². The summed E-state index contributed by atoms with van der Waals surface area (Å²) in [5.74, 6) is 0.177. The van der Waals surface area contributed by atoms with Gasteiger partial charge in [0.1, 0.15) is 0 Å². The Balaban J connectivity index is 2.66. The molecule has 2 nitrogen and oxygen atoms in total. The molecule has 0 aromatic heterocycles. The largest absolute Gasteiger partial charge is 0.390 e. The summed E-state index contributed by atoms with van der Waals surface area (Å²) < 4.78 is 0. The molecule has 13 heavy (non-hydrogen) atoms. The van der Waals surface area contributed by atoms with Gasteiger partial charge in [0, 0.05) is 0 Å². The molecule has 1 fully saturated rings. The van der Waals surface area contributed by atoms with E-state index < -0.39 is 12.2 Å². The van der Waals surface area contributed by atoms with Crippen LogP contribution in [0.25, 0.3) is 0 Å². The first-order valence-electron chi connectivity index (χ1n) is 4.93. The fourth-order valence-electron chi connectivity index (χ4n) is 2.35. The molecule has 0 bridgehead atoms. The maximum absolute atomic E-state index is 9.70. The maximum Gasteiger partial charge on any atom is 0.0830 e. The summed E-state index contributed by atoms with van der Waals surface area (Å²) in [5, 5.41) is 19.3. The summed E-state index contributed by atoms with van der Waals surface area (Å²) in [7, 11) is 0. The van der Waals surface area contributed by atoms with Crippen molar-refractivity contribution in [2.75, 3.05) is 0 Å². The molecule has 0 saturated heterocycles. The second-order valence-electron chi connectivity index (χ2n) is 4.91. The molecule has 0 aromatic carbocycles. The van der Waals surface area contributed by atoms with Gasteiger partial charge in [-0.05, 0) is 30.6 Å². The lowest BCUT2D eigenvalue weighted by Crippen LogP contribution is -2.43. The van der Waals surface area contributed by atoms with Gasteiger partial charge in [-0.2, -0.15) is 0 Å². The van der Waals surface area contributed by atoms with E-state index in [9.17, 15) is 10.2 Å². The second-order valence-corrected chi connectivity index (χ2v) is 4.91. The predicted molar refractivity (Wildman–Crippen MR) is 53.3 cm³/mol. The average Bonchev–Trinajstić information content (AvgIpc) is 1.99. The Morgan fingerprint density at radius 3 is 2.54 bits per heavy atom. The zero-order valence-electron chi connectivity index (χ0n) is 8.53. The molecule has 2 heteroatoms. The number of aliphatic hydroxyl groups excluding tert-OH is 2. The summed E-state index contributed by atoms with van der Waals surface area (Å²) in [6.07, 6.45) is 3.16. The molecule has 0 radical (unpaired) electrons. The summed E-state index contributed by atoms with van der Waals surface area (Å²) in [5.41, 5.74) is 0.145. The van der Waals surface area contributed by atoms with Gasteiger partial charge < -0.3 is 10.2 Å². The van der Waals surface area contributed by atoms with Crippen LogP contribution in [0.15, 0.2) is 12.7 Å². The Labute approximate surface area is 80.3 Å². The van der Waals surface area contributed by atoms with E-state index in [0.29, 0.717) is 6.42 Å². The van der Waals surface area contributed by atoms with Crippen LogP contribution in [0.4, 0.5) is 0 Å². The minimum atomic E-state index is -0.564. The lowest BCUT2D eigenvalue weighted by molar-refractivity contribution is -0.0798. The van der Waals surface area contributed by atoms with Gasteiger partial charge in [0.05, 0.1) is 12.2 Å². The van der Waals surface area contributed by atoms with Gasteiger partial charge in [0.2, 0.25) is 0 Å². The Morgan fingerprint density at radius 1 is 1.38 bits per heavy atom. The molecule has 0 spiro atoms. The number of allylic oxidation sites excluding steroid dienone is 1. The van der Waals surface area contributed by atoms with Crippen LogP contribution in [0.3, 0.4) is 0 Å². The molecule has 0 heterocycles. The lowest BCUT2D eigenvalue weighted by atomic mass is 9.68. The van der Waals surface area contributed by atoms with Crippen LogP contribution in [0.2, 0.25) is 0 Å². The van der Waals surface area contributed by atoms with Crippen LogP contribution in [0.5, 0.6) is 0 Å². The van der Waals surface area contributed by atoms with Gasteiger partial charge in [-0.15, -0.1) is 6.58 Å². The van der Waals surface area contributed by atoms with Crippen LogP contribution >= 0.6 is 0 Å². The maximum atomic E-state index is 9.70. The SMILES string of the molecule is C=CC[C@H]1CC(C)(C)C[C@@H](O)[C@@H]1O. The standard InChI is InChI=1S/C11H20O2/c1-4-5-8-6-11(2,3)7-9(12)10(8)13/h4,8-10,12-13H,1,5-7H2,2-3H3/t8-,9+,10+/m0/s1. The lowest BCUT2D eigenvalue weighted by Gasteiger charge is -2.41. The predicted octanol–water partition coefficient (Wildman–Crippen LogP) is 1.72. The molecule has 2 N–H and O–H groups in total. The van der Waals surface area contributed by atoms with Crippen molar-refractivity contribution in [2.45, 2.75) is 45.3 Å². The molecule has 0 unspecified atom stereocenters. The van der Waals surface area contributed by atoms with E-state index in [1.807, 2.05) is 6.08 Å². The van der Waals surface area contributed by atoms with Crippen molar-refractivity contribution < 1.29 is 10.2 Å². The number of hydrogen-bond acceptors (Lipinski definition) is 2. The van der Waals surface area contributed by atoms with Gasteiger partial charge in [0.15, 0.2) is 0 Å². The fourth-order valence-corrected chi connectivity index (χ4v) is 2.35. The fraction of sp³-hybridized carbons (Fsp3) is 0.818. The van der Waals surface area contributed by atoms with Crippen LogP contribution in [-0.2, 0) is 0 Å². The van der Waals surface area contributed by atoms with Gasteiger partial charge in [-0.25, -0.2) is 0 Å². The molecule has 0 amide bonds. The minimum absolute atomic E-state index is 0.145. The van der Waals surface area contributed by atoms with Crippen molar-refractivity contribution in [3.8, 4) is 0 Å². The van der Waals surface area contributed by atoms with E-state index in [2.05, 4.69) is 20.4 Å². The smallest absolute Gasteiger partial charge is 0.0830 e. The third kappa shape index (κ3) is 2.55. The molecular formula is C11H20O2. The second kappa shape index (κ2) is 3.81. The molecule has 1 aliphatic rings. The van der Waals surface area contributed by atoms with Crippen molar-refractivity contribution in [3.05, 3.63) is 12.7 Å². The quantitative estimate of drug-likeness (QED) is 0.641. The Morgan fingerprint density at radius 2 is 2.00 bits per heavy atom.